The van der Waals surface area contributed by atoms with E-state index < -0.39 is 43.8 Å². The minimum Gasteiger partial charge on any atom is -0.480 e. The summed E-state index contributed by atoms with van der Waals surface area (Å²) in [6, 6.07) is 2.81. The highest BCUT2D eigenvalue weighted by Crippen LogP contribution is 2.49. The molecule has 0 radical (unpaired) electrons. The molecule has 0 aromatic carbocycles. The molecule has 10 heteroatoms. The number of sulfone groups is 1. The molecule has 2 fully saturated rings. The Kier molecular flexibility index (Phi) is 3.27. The average Bonchev–Trinajstić information content (AvgIpc) is 2.69. The molecule has 2 N–H and O–H groups in total. The monoisotopic (exact) mass is 352 g/mol. The number of nitrogens with zero attached hydrogens (tertiary/aromatic N) is 2. The number of carbonyl (C=O) groups excluding carboxylic acids is 1. The summed E-state index contributed by atoms with van der Waals surface area (Å²) in [4.78, 5) is 39.8. The van der Waals surface area contributed by atoms with Crippen LogP contribution in [0.15, 0.2) is 30.0 Å². The lowest BCUT2D eigenvalue weighted by Gasteiger charge is -2.37. The predicted molar refractivity (Wildman–Crippen MR) is 79.2 cm³/mol. The van der Waals surface area contributed by atoms with Crippen molar-refractivity contribution in [2.24, 2.45) is 0 Å². The van der Waals surface area contributed by atoms with E-state index in [2.05, 4.69) is 4.98 Å². The number of pyridine rings is 1. The molecule has 3 atom stereocenters. The van der Waals surface area contributed by atoms with Crippen LogP contribution in [0.25, 0.3) is 6.08 Å². The van der Waals surface area contributed by atoms with Crippen molar-refractivity contribution in [1.29, 1.82) is 0 Å². The third kappa shape index (κ3) is 1.77. The van der Waals surface area contributed by atoms with Gasteiger partial charge in [-0.15, -0.1) is 0 Å². The van der Waals surface area contributed by atoms with Gasteiger partial charge in [-0.3, -0.25) is 14.6 Å². The smallest absolute Gasteiger partial charge is 0.328 e. The molecule has 1 aromatic rings. The second kappa shape index (κ2) is 4.87. The maximum absolute atomic E-state index is 12.7. The van der Waals surface area contributed by atoms with Crippen LogP contribution in [0.1, 0.15) is 12.6 Å². The van der Waals surface area contributed by atoms with E-state index in [0.717, 1.165) is 6.92 Å². The molecule has 24 heavy (non-hydrogen) atoms. The first-order valence-electron chi connectivity index (χ1n) is 6.79. The lowest BCUT2D eigenvalue weighted by molar-refractivity contribution is -0.157. The van der Waals surface area contributed by atoms with Crippen LogP contribution in [-0.2, 0) is 24.2 Å². The fourth-order valence-corrected chi connectivity index (χ4v) is 5.27. The number of amides is 1. The van der Waals surface area contributed by atoms with Gasteiger partial charge in [0, 0.05) is 6.20 Å². The van der Waals surface area contributed by atoms with Crippen molar-refractivity contribution in [3.05, 3.63) is 35.7 Å². The molecule has 126 valence electrons. The van der Waals surface area contributed by atoms with Crippen LogP contribution in [0.5, 0.6) is 0 Å². The van der Waals surface area contributed by atoms with Gasteiger partial charge in [-0.1, -0.05) is 6.07 Å². The molecule has 9 nitrogen and oxygen atoms in total. The van der Waals surface area contributed by atoms with E-state index in [0.29, 0.717) is 10.6 Å². The van der Waals surface area contributed by atoms with Gasteiger partial charge in [-0.05, 0) is 25.1 Å². The third-order valence-corrected chi connectivity index (χ3v) is 6.98. The fraction of sp³-hybridized carbons (Fsp3) is 0.286. The summed E-state index contributed by atoms with van der Waals surface area (Å²) in [5, 5.41) is 17.0. The highest BCUT2D eigenvalue weighted by molar-refractivity contribution is 7.95. The molecule has 0 spiro atoms. The Morgan fingerprint density at radius 2 is 2.00 bits per heavy atom. The van der Waals surface area contributed by atoms with E-state index in [-0.39, 0.29) is 5.57 Å². The van der Waals surface area contributed by atoms with Gasteiger partial charge < -0.3 is 15.1 Å². The minimum absolute atomic E-state index is 0.190. The van der Waals surface area contributed by atoms with Gasteiger partial charge in [0.05, 0.1) is 11.3 Å². The van der Waals surface area contributed by atoms with E-state index in [1.165, 1.54) is 18.3 Å². The van der Waals surface area contributed by atoms with Crippen molar-refractivity contribution in [3.8, 4) is 0 Å². The summed E-state index contributed by atoms with van der Waals surface area (Å²) in [5.41, 5.74) is 0.122. The number of fused-ring (bicyclic) bond motifs is 1. The molecule has 2 unspecified atom stereocenters. The van der Waals surface area contributed by atoms with Gasteiger partial charge in [0.15, 0.2) is 26.0 Å². The number of hydrogen-bond acceptors (Lipinski definition) is 6. The molecule has 3 rings (SSSR count). The largest absolute Gasteiger partial charge is 0.480 e. The Balaban J connectivity index is 2.17. The molecule has 2 aliphatic rings. The van der Waals surface area contributed by atoms with E-state index in [1.807, 2.05) is 0 Å². The van der Waals surface area contributed by atoms with Crippen molar-refractivity contribution >= 4 is 33.8 Å². The first-order chi connectivity index (χ1) is 11.1. The predicted octanol–water partition coefficient (Wildman–Crippen LogP) is -0.642. The molecule has 0 aliphatic carbocycles. The van der Waals surface area contributed by atoms with E-state index in [4.69, 9.17) is 0 Å². The molecular formula is C14H12N2O7S. The van der Waals surface area contributed by atoms with Crippen molar-refractivity contribution in [2.45, 2.75) is 23.1 Å². The van der Waals surface area contributed by atoms with Crippen LogP contribution < -0.4 is 0 Å². The zero-order valence-corrected chi connectivity index (χ0v) is 13.1. The van der Waals surface area contributed by atoms with Gasteiger partial charge in [0.1, 0.15) is 0 Å². The molecular weight excluding hydrogens is 340 g/mol. The summed E-state index contributed by atoms with van der Waals surface area (Å²) >= 11 is 0. The van der Waals surface area contributed by atoms with Gasteiger partial charge in [-0.25, -0.2) is 13.2 Å². The summed E-state index contributed by atoms with van der Waals surface area (Å²) < 4.78 is 22.7. The van der Waals surface area contributed by atoms with Crippen molar-refractivity contribution < 1.29 is 33.0 Å². The van der Waals surface area contributed by atoms with Crippen LogP contribution in [-0.4, -0.2) is 62.5 Å². The molecule has 2 saturated heterocycles. The lowest BCUT2D eigenvalue weighted by atomic mass is 9.94. The number of β-lactam (4-membered cyclic amide) rings is 1. The van der Waals surface area contributed by atoms with Gasteiger partial charge in [0.2, 0.25) is 0 Å². The van der Waals surface area contributed by atoms with Crippen molar-refractivity contribution in [1.82, 2.24) is 9.88 Å². The zero-order valence-electron chi connectivity index (χ0n) is 12.3. The number of aliphatic carboxylic acids is 2. The average molecular weight is 352 g/mol. The number of carbonyl (C=O) groups is 3. The lowest BCUT2D eigenvalue weighted by Crippen LogP contribution is -2.60. The second-order valence-corrected chi connectivity index (χ2v) is 8.00. The van der Waals surface area contributed by atoms with Crippen LogP contribution in [0, 0.1) is 0 Å². The maximum Gasteiger partial charge on any atom is 0.328 e. The molecule has 0 saturated carbocycles. The Labute approximate surface area is 136 Å². The quantitative estimate of drug-likeness (QED) is 0.540. The Hall–Kier alpha value is -2.75. The zero-order chi connectivity index (χ0) is 17.9. The summed E-state index contributed by atoms with van der Waals surface area (Å²) in [6.45, 7) is 0.813. The Bertz CT molecular complexity index is 893. The number of rotatable bonds is 3. The first-order valence-corrected chi connectivity index (χ1v) is 8.33. The molecule has 0 bridgehead atoms. The Morgan fingerprint density at radius 3 is 2.50 bits per heavy atom. The van der Waals surface area contributed by atoms with E-state index >= 15 is 0 Å². The Morgan fingerprint density at radius 1 is 1.33 bits per heavy atom. The maximum atomic E-state index is 12.7. The van der Waals surface area contributed by atoms with Gasteiger partial charge in [0.25, 0.3) is 5.91 Å². The highest BCUT2D eigenvalue weighted by atomic mass is 32.2. The molecule has 1 amide bonds. The number of carboxylic acids is 2. The number of carboxylic acid groups (broad SMARTS) is 2. The standard InChI is InChI=1S/C14H12N2O7S/c1-14(13(20)21)9(12(18)19)16-10(17)8(11(16)24(14,22)23)6-7-4-2-3-5-15-7/h2-6,9,11H,1H3,(H,18,19)(H,20,21)/b8-6-/t9-,11?,14?/m0/s1. The van der Waals surface area contributed by atoms with Crippen LogP contribution in [0.4, 0.5) is 0 Å². The number of hydrogen-bond donors (Lipinski definition) is 2. The summed E-state index contributed by atoms with van der Waals surface area (Å²) in [5.74, 6) is -4.32. The minimum atomic E-state index is -4.49. The SMILES string of the molecule is CC1(C(=O)O)[C@H](C(=O)O)N2C(=O)/C(=C/c3ccccn3)C2S1(=O)=O. The molecule has 3 heterocycles. The summed E-state index contributed by atoms with van der Waals surface area (Å²) in [7, 11) is -4.49. The third-order valence-electron chi connectivity index (χ3n) is 4.33. The second-order valence-electron chi connectivity index (χ2n) is 5.62. The van der Waals surface area contributed by atoms with E-state index in [9.17, 15) is 33.0 Å². The fourth-order valence-electron chi connectivity index (χ4n) is 3.01. The van der Waals surface area contributed by atoms with E-state index in [1.54, 1.807) is 12.1 Å². The van der Waals surface area contributed by atoms with Crippen LogP contribution in [0.3, 0.4) is 0 Å². The van der Waals surface area contributed by atoms with Crippen LogP contribution in [0.2, 0.25) is 0 Å². The molecule has 2 aliphatic heterocycles. The first kappa shape index (κ1) is 16.1. The highest BCUT2D eigenvalue weighted by Gasteiger charge is 2.75. The van der Waals surface area contributed by atoms with Gasteiger partial charge >= 0.3 is 11.9 Å². The van der Waals surface area contributed by atoms with Gasteiger partial charge in [-0.2, -0.15) is 0 Å². The summed E-state index contributed by atoms with van der Waals surface area (Å²) in [6.07, 6.45) is 2.67. The van der Waals surface area contributed by atoms with Crippen LogP contribution >= 0.6 is 0 Å². The van der Waals surface area contributed by atoms with Crippen molar-refractivity contribution in [2.75, 3.05) is 0 Å². The topological polar surface area (TPSA) is 142 Å². The normalized spacial score (nSPS) is 32.3. The molecule has 1 aromatic heterocycles. The number of aromatic nitrogens is 1. The van der Waals surface area contributed by atoms with Crippen molar-refractivity contribution in [3.63, 3.8) is 0 Å².